The minimum absolute atomic E-state index is 0.633. The van der Waals surface area contributed by atoms with Crippen molar-refractivity contribution in [3.05, 3.63) is 0 Å². The summed E-state index contributed by atoms with van der Waals surface area (Å²) in [6, 6.07) is 2.47. The Kier molecular flexibility index (Phi) is 7.16. The zero-order chi connectivity index (χ0) is 16.4. The molecule has 122 valence electrons. The molecule has 0 aliphatic carbocycles. The molecule has 0 bridgehead atoms. The molecule has 4 nitrogen and oxygen atoms in total. The largest absolute Gasteiger partial charge is 0.459 e. The standard InChI is InChI=1S/C12H33O4PSi3/c1-9-20(10-2,16-17(13,14)15)11-12(18(3,4)5)19(6,7)8/h12H,9-11H2,1-8H3,(H2,13,14,15). The quantitative estimate of drug-likeness (QED) is 0.490. The molecule has 0 aromatic carbocycles. The summed E-state index contributed by atoms with van der Waals surface area (Å²) in [4.78, 5) is 18.6. The fraction of sp³-hybridized carbons (Fsp3) is 1.00. The van der Waals surface area contributed by atoms with Crippen molar-refractivity contribution < 1.29 is 18.6 Å². The van der Waals surface area contributed by atoms with Crippen molar-refractivity contribution in [1.82, 2.24) is 0 Å². The van der Waals surface area contributed by atoms with Crippen molar-refractivity contribution in [3.63, 3.8) is 0 Å². The fourth-order valence-corrected chi connectivity index (χ4v) is 25.9. The van der Waals surface area contributed by atoms with Crippen molar-refractivity contribution in [2.24, 2.45) is 0 Å². The molecule has 0 radical (unpaired) electrons. The molecule has 0 atom stereocenters. The molecule has 2 N–H and O–H groups in total. The van der Waals surface area contributed by atoms with Crippen LogP contribution in [0.25, 0.3) is 0 Å². The Bertz CT molecular complexity index is 339. The summed E-state index contributed by atoms with van der Waals surface area (Å²) in [6.45, 7) is 18.3. The number of phosphoric acid groups is 1. The van der Waals surface area contributed by atoms with Gasteiger partial charge in [-0.1, -0.05) is 58.3 Å². The van der Waals surface area contributed by atoms with E-state index in [4.69, 9.17) is 4.21 Å². The van der Waals surface area contributed by atoms with Crippen LogP contribution in [0.1, 0.15) is 13.8 Å². The first-order chi connectivity index (χ1) is 8.67. The van der Waals surface area contributed by atoms with Gasteiger partial charge >= 0.3 is 7.82 Å². The van der Waals surface area contributed by atoms with Crippen molar-refractivity contribution in [1.29, 1.82) is 0 Å². The lowest BCUT2D eigenvalue weighted by molar-refractivity contribution is 0.277. The van der Waals surface area contributed by atoms with Crippen molar-refractivity contribution in [2.75, 3.05) is 0 Å². The van der Waals surface area contributed by atoms with Crippen LogP contribution in [0, 0.1) is 0 Å². The van der Waals surface area contributed by atoms with Crippen LogP contribution >= 0.6 is 7.82 Å². The lowest BCUT2D eigenvalue weighted by Crippen LogP contribution is -2.49. The summed E-state index contributed by atoms with van der Waals surface area (Å²) in [5.41, 5.74) is 0. The molecule has 0 aromatic heterocycles. The smallest absolute Gasteiger partial charge is 0.329 e. The SMILES string of the molecule is CC[Si](CC)(CC([Si](C)(C)C)[Si](C)(C)C)OP(=O)(O)O. The van der Waals surface area contributed by atoms with E-state index in [1.807, 2.05) is 13.8 Å². The second-order valence-electron chi connectivity index (χ2n) is 7.96. The molecule has 0 amide bonds. The fourth-order valence-electron chi connectivity index (χ4n) is 3.24. The molecule has 0 saturated heterocycles. The predicted molar refractivity (Wildman–Crippen MR) is 95.1 cm³/mol. The minimum atomic E-state index is -4.39. The first kappa shape index (κ1) is 20.8. The van der Waals surface area contributed by atoms with E-state index in [9.17, 15) is 14.4 Å². The van der Waals surface area contributed by atoms with Crippen LogP contribution in [0.2, 0.25) is 62.6 Å². The lowest BCUT2D eigenvalue weighted by Gasteiger charge is -2.43. The van der Waals surface area contributed by atoms with Gasteiger partial charge < -0.3 is 14.0 Å². The minimum Gasteiger partial charge on any atom is -0.329 e. The zero-order valence-electron chi connectivity index (χ0n) is 14.4. The Labute approximate surface area is 127 Å². The van der Waals surface area contributed by atoms with Crippen LogP contribution in [0.15, 0.2) is 0 Å². The van der Waals surface area contributed by atoms with Crippen molar-refractivity contribution in [3.8, 4) is 0 Å². The molecule has 20 heavy (non-hydrogen) atoms. The van der Waals surface area contributed by atoms with Crippen LogP contribution < -0.4 is 0 Å². The van der Waals surface area contributed by atoms with Gasteiger partial charge in [0.15, 0.2) is 0 Å². The van der Waals surface area contributed by atoms with Gasteiger partial charge in [-0.05, 0) is 18.1 Å². The van der Waals surface area contributed by atoms with Crippen molar-refractivity contribution >= 4 is 32.3 Å². The maximum atomic E-state index is 11.4. The molecular weight excluding hydrogens is 323 g/mol. The van der Waals surface area contributed by atoms with Crippen LogP contribution in [0.5, 0.6) is 0 Å². The summed E-state index contributed by atoms with van der Waals surface area (Å²) in [5, 5.41) is 0.633. The number of hydrogen-bond acceptors (Lipinski definition) is 2. The third kappa shape index (κ3) is 6.68. The van der Waals surface area contributed by atoms with Gasteiger partial charge in [0.1, 0.15) is 0 Å². The van der Waals surface area contributed by atoms with E-state index >= 15 is 0 Å². The maximum absolute atomic E-state index is 11.4. The Balaban J connectivity index is 5.47. The van der Waals surface area contributed by atoms with Crippen LogP contribution in [0.3, 0.4) is 0 Å². The highest BCUT2D eigenvalue weighted by Gasteiger charge is 2.46. The van der Waals surface area contributed by atoms with Gasteiger partial charge in [0.05, 0.1) is 0 Å². The van der Waals surface area contributed by atoms with Crippen LogP contribution in [0.4, 0.5) is 0 Å². The Morgan fingerprint density at radius 3 is 1.50 bits per heavy atom. The van der Waals surface area contributed by atoms with E-state index in [1.54, 1.807) is 0 Å². The second-order valence-corrected chi connectivity index (χ2v) is 25.3. The molecule has 0 heterocycles. The van der Waals surface area contributed by atoms with Gasteiger partial charge in [-0.3, -0.25) is 0 Å². The van der Waals surface area contributed by atoms with Crippen LogP contribution in [-0.4, -0.2) is 34.3 Å². The average Bonchev–Trinajstić information content (AvgIpc) is 2.19. The Hall–Kier alpha value is 0.761. The lowest BCUT2D eigenvalue weighted by atomic mass is 10.9. The van der Waals surface area contributed by atoms with Gasteiger partial charge in [0.2, 0.25) is 8.32 Å². The van der Waals surface area contributed by atoms with E-state index in [-0.39, 0.29) is 0 Å². The van der Waals surface area contributed by atoms with E-state index in [0.717, 1.165) is 18.1 Å². The highest BCUT2D eigenvalue weighted by atomic mass is 31.2. The van der Waals surface area contributed by atoms with Crippen molar-refractivity contribution in [2.45, 2.75) is 76.4 Å². The van der Waals surface area contributed by atoms with Gasteiger partial charge in [-0.25, -0.2) is 4.57 Å². The molecule has 0 aliphatic rings. The third-order valence-corrected chi connectivity index (χ3v) is 21.1. The monoisotopic (exact) mass is 356 g/mol. The second kappa shape index (κ2) is 6.89. The normalized spacial score (nSPS) is 14.9. The molecular formula is C12H33O4PSi3. The van der Waals surface area contributed by atoms with E-state index in [0.29, 0.717) is 5.16 Å². The molecule has 8 heteroatoms. The summed E-state index contributed by atoms with van der Waals surface area (Å²) >= 11 is 0. The number of rotatable bonds is 8. The first-order valence-electron chi connectivity index (χ1n) is 7.43. The van der Waals surface area contributed by atoms with E-state index in [2.05, 4.69) is 39.3 Å². The molecule has 0 saturated carbocycles. The molecule has 0 rings (SSSR count). The third-order valence-electron chi connectivity index (χ3n) is 4.27. The van der Waals surface area contributed by atoms with Gasteiger partial charge in [-0.15, -0.1) is 0 Å². The summed E-state index contributed by atoms with van der Waals surface area (Å²) in [6.07, 6.45) is 0. The zero-order valence-corrected chi connectivity index (χ0v) is 18.3. The maximum Gasteiger partial charge on any atom is 0.459 e. The predicted octanol–water partition coefficient (Wildman–Crippen LogP) is 4.67. The van der Waals surface area contributed by atoms with E-state index in [1.165, 1.54) is 0 Å². The molecule has 0 spiro atoms. The Morgan fingerprint density at radius 2 is 1.30 bits per heavy atom. The summed E-state index contributed by atoms with van der Waals surface area (Å²) in [7, 11) is -9.50. The van der Waals surface area contributed by atoms with Gasteiger partial charge in [0, 0.05) is 16.1 Å². The van der Waals surface area contributed by atoms with Gasteiger partial charge in [-0.2, -0.15) is 0 Å². The Morgan fingerprint density at radius 1 is 0.950 bits per heavy atom. The summed E-state index contributed by atoms with van der Waals surface area (Å²) < 4.78 is 16.8. The molecule has 0 aliphatic heterocycles. The highest BCUT2D eigenvalue weighted by Crippen LogP contribution is 2.48. The molecule has 0 fully saturated rings. The molecule has 0 aromatic rings. The average molecular weight is 357 g/mol. The van der Waals surface area contributed by atoms with E-state index < -0.39 is 32.3 Å². The first-order valence-corrected chi connectivity index (χ1v) is 18.6. The topological polar surface area (TPSA) is 66.8 Å². The number of hydrogen-bond donors (Lipinski definition) is 2. The van der Waals surface area contributed by atoms with Crippen LogP contribution in [-0.2, 0) is 8.78 Å². The highest BCUT2D eigenvalue weighted by molar-refractivity contribution is 7.48. The molecule has 0 unspecified atom stereocenters. The summed E-state index contributed by atoms with van der Waals surface area (Å²) in [5.74, 6) is 0. The van der Waals surface area contributed by atoms with Gasteiger partial charge in [0.25, 0.3) is 0 Å².